The molecule has 2 aromatic rings. The molecule has 1 unspecified atom stereocenters. The second-order valence-corrected chi connectivity index (χ2v) is 11.2. The Morgan fingerprint density at radius 1 is 1.18 bits per heavy atom. The van der Waals surface area contributed by atoms with Crippen LogP contribution in [0.3, 0.4) is 0 Å². The van der Waals surface area contributed by atoms with E-state index in [2.05, 4.69) is 34.3 Å². The Labute approximate surface area is 224 Å². The fraction of sp³-hybridized carbons (Fsp3) is 0.552. The molecular weight excluding hydrogens is 482 g/mol. The number of aliphatic hydroxyl groups excluding tert-OH is 1. The summed E-state index contributed by atoms with van der Waals surface area (Å²) in [5, 5.41) is 17.4. The highest BCUT2D eigenvalue weighted by molar-refractivity contribution is 5.92. The number of benzene rings is 1. The van der Waals surface area contributed by atoms with Crippen molar-refractivity contribution in [1.29, 1.82) is 0 Å². The fourth-order valence-electron chi connectivity index (χ4n) is 5.65. The van der Waals surface area contributed by atoms with Crippen molar-refractivity contribution in [2.45, 2.75) is 71.6 Å². The van der Waals surface area contributed by atoms with E-state index in [0.29, 0.717) is 19.4 Å². The van der Waals surface area contributed by atoms with Crippen molar-refractivity contribution in [3.05, 3.63) is 48.4 Å². The summed E-state index contributed by atoms with van der Waals surface area (Å²) in [5.74, 6) is -0.504. The number of oxime groups is 1. The standard InChI is InChI=1S/C29H39N5O4/c1-18(2)23-15-29(5,38-33-23)26(19(3)4)28(37)34-14-6-7-25(34)27(36)32-24(16-35)21-10-8-20(9-11-21)22-12-13-30-17-31-22/h8-13,17-19,24-26,35H,6-7,14-16H2,1-5H3,(H,32,36)/t24-,25-,26-,29?/m0/s1. The molecule has 0 radical (unpaired) electrons. The molecule has 2 amide bonds. The summed E-state index contributed by atoms with van der Waals surface area (Å²) in [7, 11) is 0. The number of likely N-dealkylation sites (tertiary alicyclic amines) is 1. The molecule has 1 aromatic carbocycles. The largest absolute Gasteiger partial charge is 0.394 e. The minimum absolute atomic E-state index is 0.0112. The van der Waals surface area contributed by atoms with E-state index in [4.69, 9.17) is 4.84 Å². The maximum absolute atomic E-state index is 13.9. The van der Waals surface area contributed by atoms with Crippen LogP contribution in [0.1, 0.15) is 65.5 Å². The number of hydrogen-bond donors (Lipinski definition) is 2. The summed E-state index contributed by atoms with van der Waals surface area (Å²) in [5.41, 5.74) is 2.70. The molecule has 0 bridgehead atoms. The first-order valence-corrected chi connectivity index (χ1v) is 13.5. The molecule has 9 heteroatoms. The first kappa shape index (κ1) is 27.7. The monoisotopic (exact) mass is 521 g/mol. The van der Waals surface area contributed by atoms with E-state index in [1.54, 1.807) is 11.1 Å². The molecule has 1 fully saturated rings. The van der Waals surface area contributed by atoms with Crippen molar-refractivity contribution in [2.24, 2.45) is 22.9 Å². The molecule has 0 spiro atoms. The van der Waals surface area contributed by atoms with Crippen LogP contribution in [0.4, 0.5) is 0 Å². The van der Waals surface area contributed by atoms with Gasteiger partial charge >= 0.3 is 0 Å². The summed E-state index contributed by atoms with van der Waals surface area (Å²) in [6.45, 7) is 10.4. The second kappa shape index (κ2) is 11.6. The van der Waals surface area contributed by atoms with Crippen molar-refractivity contribution in [1.82, 2.24) is 20.2 Å². The molecule has 1 saturated heterocycles. The highest BCUT2D eigenvalue weighted by atomic mass is 16.7. The van der Waals surface area contributed by atoms with Crippen LogP contribution in [0, 0.1) is 17.8 Å². The predicted octanol–water partition coefficient (Wildman–Crippen LogP) is 3.75. The number of nitrogens with zero attached hydrogens (tertiary/aromatic N) is 4. The van der Waals surface area contributed by atoms with Gasteiger partial charge in [-0.25, -0.2) is 9.97 Å². The minimum atomic E-state index is -0.743. The summed E-state index contributed by atoms with van der Waals surface area (Å²) in [6, 6.07) is 8.20. The number of hydrogen-bond acceptors (Lipinski definition) is 7. The van der Waals surface area contributed by atoms with E-state index in [0.717, 1.165) is 29.0 Å². The lowest BCUT2D eigenvalue weighted by Crippen LogP contribution is -2.54. The molecule has 2 N–H and O–H groups in total. The van der Waals surface area contributed by atoms with Gasteiger partial charge in [-0.15, -0.1) is 0 Å². The Morgan fingerprint density at radius 3 is 2.50 bits per heavy atom. The molecule has 4 atom stereocenters. The van der Waals surface area contributed by atoms with Gasteiger partial charge in [0.15, 0.2) is 5.60 Å². The Hall–Kier alpha value is -3.33. The molecule has 0 saturated carbocycles. The smallest absolute Gasteiger partial charge is 0.243 e. The van der Waals surface area contributed by atoms with Gasteiger partial charge in [0.2, 0.25) is 11.8 Å². The molecule has 1 aromatic heterocycles. The average molecular weight is 522 g/mol. The third-order valence-electron chi connectivity index (χ3n) is 7.69. The highest BCUT2D eigenvalue weighted by Gasteiger charge is 2.51. The number of amides is 2. The predicted molar refractivity (Wildman–Crippen MR) is 145 cm³/mol. The molecule has 204 valence electrons. The van der Waals surface area contributed by atoms with E-state index in [9.17, 15) is 14.7 Å². The second-order valence-electron chi connectivity index (χ2n) is 11.2. The SMILES string of the molecule is CC(C)C1=NOC(C)([C@H](C(=O)N2CCC[C@H]2C(=O)N[C@@H](CO)c2ccc(-c3ccncn3)cc2)C(C)C)C1. The molecule has 0 aliphatic carbocycles. The fourth-order valence-corrected chi connectivity index (χ4v) is 5.65. The number of aromatic nitrogens is 2. The van der Waals surface area contributed by atoms with Crippen molar-refractivity contribution >= 4 is 17.5 Å². The van der Waals surface area contributed by atoms with Crippen molar-refractivity contribution < 1.29 is 19.5 Å². The zero-order chi connectivity index (χ0) is 27.4. The molecule has 2 aliphatic rings. The zero-order valence-electron chi connectivity index (χ0n) is 22.9. The Bertz CT molecular complexity index is 1150. The van der Waals surface area contributed by atoms with Crippen LogP contribution in [0.25, 0.3) is 11.3 Å². The van der Waals surface area contributed by atoms with E-state index >= 15 is 0 Å². The zero-order valence-corrected chi connectivity index (χ0v) is 22.9. The van der Waals surface area contributed by atoms with Crippen LogP contribution in [-0.2, 0) is 14.4 Å². The van der Waals surface area contributed by atoms with Crippen LogP contribution in [-0.4, -0.2) is 62.3 Å². The molecule has 3 heterocycles. The number of carbonyl (C=O) groups excluding carboxylic acids is 2. The van der Waals surface area contributed by atoms with Crippen molar-refractivity contribution in [3.63, 3.8) is 0 Å². The third kappa shape index (κ3) is 5.72. The van der Waals surface area contributed by atoms with E-state index in [1.807, 2.05) is 51.1 Å². The number of aliphatic hydroxyl groups is 1. The first-order chi connectivity index (χ1) is 18.1. The number of nitrogens with one attached hydrogen (secondary N) is 1. The van der Waals surface area contributed by atoms with Gasteiger partial charge in [-0.1, -0.05) is 57.1 Å². The maximum atomic E-state index is 13.9. The van der Waals surface area contributed by atoms with Gasteiger partial charge in [0.05, 0.1) is 30.0 Å². The minimum Gasteiger partial charge on any atom is -0.394 e. The summed E-state index contributed by atoms with van der Waals surface area (Å²) in [4.78, 5) is 43.2. The summed E-state index contributed by atoms with van der Waals surface area (Å²) >= 11 is 0. The highest BCUT2D eigenvalue weighted by Crippen LogP contribution is 2.39. The van der Waals surface area contributed by atoms with E-state index in [-0.39, 0.29) is 30.3 Å². The van der Waals surface area contributed by atoms with Gasteiger partial charge in [0.25, 0.3) is 0 Å². The van der Waals surface area contributed by atoms with E-state index in [1.165, 1.54) is 6.33 Å². The normalized spacial score (nSPS) is 22.8. The molecule has 4 rings (SSSR count). The summed E-state index contributed by atoms with van der Waals surface area (Å²) < 4.78 is 0. The Kier molecular flexibility index (Phi) is 8.45. The molecule has 38 heavy (non-hydrogen) atoms. The van der Waals surface area contributed by atoms with Gasteiger partial charge < -0.3 is 20.2 Å². The van der Waals surface area contributed by atoms with Gasteiger partial charge in [-0.3, -0.25) is 9.59 Å². The molecule has 2 aliphatic heterocycles. The lowest BCUT2D eigenvalue weighted by atomic mass is 9.76. The first-order valence-electron chi connectivity index (χ1n) is 13.5. The van der Waals surface area contributed by atoms with Crippen LogP contribution in [0.5, 0.6) is 0 Å². The number of carbonyl (C=O) groups is 2. The topological polar surface area (TPSA) is 117 Å². The van der Waals surface area contributed by atoms with Crippen molar-refractivity contribution in [2.75, 3.05) is 13.2 Å². The maximum Gasteiger partial charge on any atom is 0.243 e. The lowest BCUT2D eigenvalue weighted by Gasteiger charge is -2.37. The molecular formula is C29H39N5O4. The van der Waals surface area contributed by atoms with Gasteiger partial charge in [0, 0.05) is 24.7 Å². The van der Waals surface area contributed by atoms with Crippen LogP contribution < -0.4 is 5.32 Å². The van der Waals surface area contributed by atoms with Crippen molar-refractivity contribution in [3.8, 4) is 11.3 Å². The van der Waals surface area contributed by atoms with Crippen LogP contribution in [0.2, 0.25) is 0 Å². The average Bonchev–Trinajstić information content (AvgIpc) is 3.55. The van der Waals surface area contributed by atoms with Gasteiger partial charge in [0.1, 0.15) is 12.4 Å². The van der Waals surface area contributed by atoms with Crippen LogP contribution in [0.15, 0.2) is 48.0 Å². The third-order valence-corrected chi connectivity index (χ3v) is 7.69. The number of rotatable bonds is 9. The molecule has 9 nitrogen and oxygen atoms in total. The lowest BCUT2D eigenvalue weighted by molar-refractivity contribution is -0.154. The quantitative estimate of drug-likeness (QED) is 0.519. The summed E-state index contributed by atoms with van der Waals surface area (Å²) in [6.07, 6.45) is 5.10. The van der Waals surface area contributed by atoms with Crippen LogP contribution >= 0.6 is 0 Å². The Balaban J connectivity index is 1.46. The Morgan fingerprint density at radius 2 is 1.92 bits per heavy atom. The van der Waals surface area contributed by atoms with Gasteiger partial charge in [-0.2, -0.15) is 0 Å². The van der Waals surface area contributed by atoms with E-state index < -0.39 is 23.6 Å². The van der Waals surface area contributed by atoms with Gasteiger partial charge in [-0.05, 0) is 43.2 Å².